The van der Waals surface area contributed by atoms with Crippen LogP contribution in [-0.4, -0.2) is 48.4 Å². The molecule has 2 bridgehead atoms. The van der Waals surface area contributed by atoms with Gasteiger partial charge in [0.2, 0.25) is 0 Å². The number of hydrogen-bond donors (Lipinski definition) is 0. The fourth-order valence-electron chi connectivity index (χ4n) is 3.73. The van der Waals surface area contributed by atoms with E-state index in [0.29, 0.717) is 17.7 Å². The first-order valence-corrected chi connectivity index (χ1v) is 7.69. The second-order valence-corrected chi connectivity index (χ2v) is 6.40. The summed E-state index contributed by atoms with van der Waals surface area (Å²) < 4.78 is 5.74. The molecule has 0 spiro atoms. The normalized spacial score (nSPS) is 26.2. The maximum atomic E-state index is 12.8. The highest BCUT2D eigenvalue weighted by Crippen LogP contribution is 2.28. The lowest BCUT2D eigenvalue weighted by Gasteiger charge is -2.32. The number of rotatable bonds is 1. The van der Waals surface area contributed by atoms with Crippen LogP contribution in [-0.2, 0) is 0 Å². The average molecular weight is 284 g/mol. The SMILES string of the molecule is CN1C[C@H]2CC[C@@H]1CN(C(=O)c1cc3ccccc3o1)C2. The summed E-state index contributed by atoms with van der Waals surface area (Å²) in [5.74, 6) is 1.11. The van der Waals surface area contributed by atoms with E-state index in [0.717, 1.165) is 30.6 Å². The van der Waals surface area contributed by atoms with E-state index < -0.39 is 0 Å². The highest BCUT2D eigenvalue weighted by molar-refractivity contribution is 5.96. The predicted molar refractivity (Wildman–Crippen MR) is 81.3 cm³/mol. The summed E-state index contributed by atoms with van der Waals surface area (Å²) in [6.07, 6.45) is 2.43. The van der Waals surface area contributed by atoms with Gasteiger partial charge < -0.3 is 14.2 Å². The quantitative estimate of drug-likeness (QED) is 0.807. The number of para-hydroxylation sites is 1. The zero-order valence-electron chi connectivity index (χ0n) is 12.3. The van der Waals surface area contributed by atoms with Crippen molar-refractivity contribution in [2.45, 2.75) is 18.9 Å². The lowest BCUT2D eigenvalue weighted by Crippen LogP contribution is -2.41. The summed E-state index contributed by atoms with van der Waals surface area (Å²) in [4.78, 5) is 17.2. The first kappa shape index (κ1) is 12.9. The van der Waals surface area contributed by atoms with E-state index in [9.17, 15) is 4.79 Å². The smallest absolute Gasteiger partial charge is 0.289 e. The van der Waals surface area contributed by atoms with E-state index in [4.69, 9.17) is 4.42 Å². The van der Waals surface area contributed by atoms with E-state index in [2.05, 4.69) is 11.9 Å². The predicted octanol–water partition coefficient (Wildman–Crippen LogP) is 2.60. The maximum Gasteiger partial charge on any atom is 0.289 e. The molecule has 0 aliphatic carbocycles. The maximum absolute atomic E-state index is 12.8. The first-order chi connectivity index (χ1) is 10.2. The molecule has 1 aromatic carbocycles. The Kier molecular flexibility index (Phi) is 3.00. The molecule has 0 radical (unpaired) electrons. The Bertz CT molecular complexity index is 645. The molecule has 3 aliphatic rings. The van der Waals surface area contributed by atoms with Crippen LogP contribution in [0.5, 0.6) is 0 Å². The number of hydrogen-bond acceptors (Lipinski definition) is 3. The summed E-state index contributed by atoms with van der Waals surface area (Å²) in [6.45, 7) is 2.79. The molecule has 4 nitrogen and oxygen atoms in total. The minimum absolute atomic E-state index is 0.0402. The number of nitrogens with zero attached hydrogens (tertiary/aromatic N) is 2. The van der Waals surface area contributed by atoms with Crippen molar-refractivity contribution in [1.82, 2.24) is 9.80 Å². The van der Waals surface area contributed by atoms with Crippen molar-refractivity contribution in [2.24, 2.45) is 5.92 Å². The van der Waals surface area contributed by atoms with Crippen LogP contribution in [0.4, 0.5) is 0 Å². The highest BCUT2D eigenvalue weighted by atomic mass is 16.3. The molecule has 0 N–H and O–H groups in total. The van der Waals surface area contributed by atoms with E-state index in [1.165, 1.54) is 12.8 Å². The molecular formula is C17H20N2O2. The molecule has 2 aromatic rings. The lowest BCUT2D eigenvalue weighted by atomic mass is 9.96. The summed E-state index contributed by atoms with van der Waals surface area (Å²) in [6, 6.07) is 10.2. The van der Waals surface area contributed by atoms with Crippen LogP contribution in [0.15, 0.2) is 34.7 Å². The van der Waals surface area contributed by atoms with Crippen molar-refractivity contribution in [2.75, 3.05) is 26.7 Å². The molecule has 3 aliphatic heterocycles. The number of likely N-dealkylation sites (N-methyl/N-ethyl adjacent to an activating group) is 1. The average Bonchev–Trinajstić information content (AvgIpc) is 2.73. The van der Waals surface area contributed by atoms with E-state index in [1.807, 2.05) is 35.2 Å². The van der Waals surface area contributed by atoms with Crippen LogP contribution in [0.1, 0.15) is 23.4 Å². The number of piperidine rings is 1. The third kappa shape index (κ3) is 2.23. The van der Waals surface area contributed by atoms with Gasteiger partial charge in [0, 0.05) is 31.1 Å². The zero-order chi connectivity index (χ0) is 14.4. The van der Waals surface area contributed by atoms with Crippen molar-refractivity contribution < 1.29 is 9.21 Å². The third-order valence-corrected chi connectivity index (χ3v) is 4.91. The number of carbonyl (C=O) groups excluding carboxylic acids is 1. The second-order valence-electron chi connectivity index (χ2n) is 6.40. The van der Waals surface area contributed by atoms with Crippen molar-refractivity contribution in [3.8, 4) is 0 Å². The third-order valence-electron chi connectivity index (χ3n) is 4.91. The number of benzene rings is 1. The molecule has 1 amide bonds. The van der Waals surface area contributed by atoms with Gasteiger partial charge in [-0.3, -0.25) is 4.79 Å². The molecule has 1 aromatic heterocycles. The van der Waals surface area contributed by atoms with Crippen LogP contribution in [0.25, 0.3) is 11.0 Å². The molecule has 110 valence electrons. The number of furan rings is 1. The number of carbonyl (C=O) groups is 1. The van der Waals surface area contributed by atoms with Gasteiger partial charge in [-0.25, -0.2) is 0 Å². The monoisotopic (exact) mass is 284 g/mol. The first-order valence-electron chi connectivity index (χ1n) is 7.69. The summed E-state index contributed by atoms with van der Waals surface area (Å²) in [7, 11) is 2.17. The fourth-order valence-corrected chi connectivity index (χ4v) is 3.73. The van der Waals surface area contributed by atoms with Crippen LogP contribution in [0.2, 0.25) is 0 Å². The topological polar surface area (TPSA) is 36.7 Å². The molecule has 3 saturated heterocycles. The van der Waals surface area contributed by atoms with Gasteiger partial charge in [0.15, 0.2) is 5.76 Å². The molecule has 4 heteroatoms. The molecule has 21 heavy (non-hydrogen) atoms. The molecule has 4 heterocycles. The van der Waals surface area contributed by atoms with Gasteiger partial charge >= 0.3 is 0 Å². The van der Waals surface area contributed by atoms with Gasteiger partial charge in [-0.2, -0.15) is 0 Å². The largest absolute Gasteiger partial charge is 0.451 e. The molecular weight excluding hydrogens is 264 g/mol. The van der Waals surface area contributed by atoms with Crippen LogP contribution >= 0.6 is 0 Å². The van der Waals surface area contributed by atoms with E-state index >= 15 is 0 Å². The fraction of sp³-hybridized carbons (Fsp3) is 0.471. The zero-order valence-corrected chi connectivity index (χ0v) is 12.3. The lowest BCUT2D eigenvalue weighted by molar-refractivity contribution is 0.0713. The second kappa shape index (κ2) is 4.88. The van der Waals surface area contributed by atoms with Gasteiger partial charge in [0.1, 0.15) is 5.58 Å². The molecule has 0 saturated carbocycles. The molecule has 0 unspecified atom stereocenters. The van der Waals surface area contributed by atoms with Crippen molar-refractivity contribution >= 4 is 16.9 Å². The standard InChI is InChI=1S/C17H20N2O2/c1-18-9-12-6-7-14(18)11-19(10-12)17(20)16-8-13-4-2-3-5-15(13)21-16/h2-5,8,12,14H,6-7,9-11H2,1H3/t12-,14-/m1/s1. The molecule has 5 rings (SSSR count). The van der Waals surface area contributed by atoms with Crippen LogP contribution in [0, 0.1) is 5.92 Å². The van der Waals surface area contributed by atoms with Crippen molar-refractivity contribution in [3.63, 3.8) is 0 Å². The Morgan fingerprint density at radius 1 is 1.19 bits per heavy atom. The van der Waals surface area contributed by atoms with E-state index in [-0.39, 0.29) is 5.91 Å². The summed E-state index contributed by atoms with van der Waals surface area (Å²) in [5, 5.41) is 0.996. The minimum atomic E-state index is 0.0402. The Morgan fingerprint density at radius 3 is 2.86 bits per heavy atom. The Morgan fingerprint density at radius 2 is 2.05 bits per heavy atom. The number of amides is 1. The minimum Gasteiger partial charge on any atom is -0.451 e. The van der Waals surface area contributed by atoms with Gasteiger partial charge in [0.05, 0.1) is 0 Å². The number of fused-ring (bicyclic) bond motifs is 5. The Hall–Kier alpha value is -1.81. The van der Waals surface area contributed by atoms with Crippen molar-refractivity contribution in [3.05, 3.63) is 36.1 Å². The summed E-state index contributed by atoms with van der Waals surface area (Å²) >= 11 is 0. The van der Waals surface area contributed by atoms with Gasteiger partial charge in [-0.05, 0) is 37.9 Å². The Labute approximate surface area is 124 Å². The molecule has 3 fully saturated rings. The van der Waals surface area contributed by atoms with Gasteiger partial charge in [-0.15, -0.1) is 0 Å². The van der Waals surface area contributed by atoms with Gasteiger partial charge in [-0.1, -0.05) is 18.2 Å². The van der Waals surface area contributed by atoms with E-state index in [1.54, 1.807) is 0 Å². The van der Waals surface area contributed by atoms with Crippen LogP contribution < -0.4 is 0 Å². The summed E-state index contributed by atoms with van der Waals surface area (Å²) in [5.41, 5.74) is 0.788. The van der Waals surface area contributed by atoms with Crippen molar-refractivity contribution in [1.29, 1.82) is 0 Å². The van der Waals surface area contributed by atoms with Crippen LogP contribution in [0.3, 0.4) is 0 Å². The molecule has 2 atom stereocenters. The van der Waals surface area contributed by atoms with Gasteiger partial charge in [0.25, 0.3) is 5.91 Å². The Balaban J connectivity index is 1.62. The highest BCUT2D eigenvalue weighted by Gasteiger charge is 2.35.